The number of benzene rings is 2. The van der Waals surface area contributed by atoms with E-state index in [1.54, 1.807) is 14.2 Å². The zero-order chi connectivity index (χ0) is 15.4. The van der Waals surface area contributed by atoms with Crippen molar-refractivity contribution in [2.45, 2.75) is 19.9 Å². The van der Waals surface area contributed by atoms with Gasteiger partial charge in [-0.05, 0) is 38.1 Å². The van der Waals surface area contributed by atoms with E-state index in [1.165, 1.54) is 5.56 Å². The molecule has 3 nitrogen and oxygen atoms in total. The molecule has 0 aliphatic carbocycles. The molecule has 0 fully saturated rings. The minimum absolute atomic E-state index is 0.101. The maximum absolute atomic E-state index is 6.15. The van der Waals surface area contributed by atoms with Gasteiger partial charge in [0, 0.05) is 11.3 Å². The Morgan fingerprint density at radius 2 is 1.67 bits per heavy atom. The normalized spacial score (nSPS) is 11.9. The Labute approximate surface area is 130 Å². The van der Waals surface area contributed by atoms with E-state index in [-0.39, 0.29) is 6.04 Å². The highest BCUT2D eigenvalue weighted by atomic mass is 35.5. The van der Waals surface area contributed by atoms with E-state index in [0.717, 1.165) is 17.0 Å². The molecule has 0 aliphatic heterocycles. The molecule has 0 aromatic heterocycles. The summed E-state index contributed by atoms with van der Waals surface area (Å²) in [6.07, 6.45) is 0. The van der Waals surface area contributed by atoms with Crippen LogP contribution in [0.5, 0.6) is 11.5 Å². The molecular formula is C17H20ClNO2. The van der Waals surface area contributed by atoms with E-state index < -0.39 is 0 Å². The van der Waals surface area contributed by atoms with Gasteiger partial charge < -0.3 is 14.8 Å². The Balaban J connectivity index is 2.23. The highest BCUT2D eigenvalue weighted by Crippen LogP contribution is 2.32. The first kappa shape index (κ1) is 15.5. The van der Waals surface area contributed by atoms with Crippen molar-refractivity contribution >= 4 is 17.3 Å². The first-order valence-corrected chi connectivity index (χ1v) is 7.17. The fraction of sp³-hybridized carbons (Fsp3) is 0.294. The molecule has 0 saturated heterocycles. The van der Waals surface area contributed by atoms with Crippen LogP contribution in [0.4, 0.5) is 5.69 Å². The summed E-state index contributed by atoms with van der Waals surface area (Å²) >= 11 is 6.15. The number of methoxy groups -OCH3 is 2. The molecule has 112 valence electrons. The summed E-state index contributed by atoms with van der Waals surface area (Å²) in [5.74, 6) is 1.54. The zero-order valence-corrected chi connectivity index (χ0v) is 13.5. The molecule has 0 amide bonds. The van der Waals surface area contributed by atoms with Crippen LogP contribution in [-0.4, -0.2) is 14.2 Å². The Morgan fingerprint density at radius 3 is 2.29 bits per heavy atom. The molecule has 2 aromatic carbocycles. The van der Waals surface area contributed by atoms with E-state index in [1.807, 2.05) is 30.3 Å². The number of nitrogens with one attached hydrogen (secondary N) is 1. The van der Waals surface area contributed by atoms with Crippen LogP contribution in [0, 0.1) is 6.92 Å². The number of anilines is 1. The molecule has 2 rings (SSSR count). The SMILES string of the molecule is COc1ccc(NC(C)c2cc(C)ccc2OC)cc1Cl. The van der Waals surface area contributed by atoms with Gasteiger partial charge in [-0.2, -0.15) is 0 Å². The van der Waals surface area contributed by atoms with Gasteiger partial charge in [-0.15, -0.1) is 0 Å². The summed E-state index contributed by atoms with van der Waals surface area (Å²) in [7, 11) is 3.29. The van der Waals surface area contributed by atoms with Gasteiger partial charge in [-0.1, -0.05) is 29.3 Å². The van der Waals surface area contributed by atoms with Crippen molar-refractivity contribution in [2.24, 2.45) is 0 Å². The summed E-state index contributed by atoms with van der Waals surface area (Å²) in [6, 6.07) is 11.9. The molecule has 2 aromatic rings. The first-order valence-electron chi connectivity index (χ1n) is 6.79. The van der Waals surface area contributed by atoms with Crippen LogP contribution in [0.3, 0.4) is 0 Å². The van der Waals surface area contributed by atoms with Gasteiger partial charge in [0.2, 0.25) is 0 Å². The molecule has 0 heterocycles. The predicted molar refractivity (Wildman–Crippen MR) is 87.8 cm³/mol. The van der Waals surface area contributed by atoms with Crippen LogP contribution in [0.1, 0.15) is 24.1 Å². The molecular weight excluding hydrogens is 286 g/mol. The van der Waals surface area contributed by atoms with E-state index in [4.69, 9.17) is 21.1 Å². The van der Waals surface area contributed by atoms with E-state index in [0.29, 0.717) is 10.8 Å². The second kappa shape index (κ2) is 6.72. The fourth-order valence-electron chi connectivity index (χ4n) is 2.28. The highest BCUT2D eigenvalue weighted by Gasteiger charge is 2.12. The summed E-state index contributed by atoms with van der Waals surface area (Å²) in [6.45, 7) is 4.16. The van der Waals surface area contributed by atoms with Gasteiger partial charge in [0.1, 0.15) is 11.5 Å². The van der Waals surface area contributed by atoms with Gasteiger partial charge in [-0.25, -0.2) is 0 Å². The minimum atomic E-state index is 0.101. The smallest absolute Gasteiger partial charge is 0.137 e. The molecule has 1 unspecified atom stereocenters. The van der Waals surface area contributed by atoms with Crippen LogP contribution >= 0.6 is 11.6 Å². The van der Waals surface area contributed by atoms with E-state index in [9.17, 15) is 0 Å². The maximum Gasteiger partial charge on any atom is 0.137 e. The number of ether oxygens (including phenoxy) is 2. The lowest BCUT2D eigenvalue weighted by Gasteiger charge is -2.19. The van der Waals surface area contributed by atoms with Crippen LogP contribution in [-0.2, 0) is 0 Å². The van der Waals surface area contributed by atoms with Crippen LogP contribution < -0.4 is 14.8 Å². The van der Waals surface area contributed by atoms with Gasteiger partial charge in [-0.3, -0.25) is 0 Å². The summed E-state index contributed by atoms with van der Waals surface area (Å²) < 4.78 is 10.6. The van der Waals surface area contributed by atoms with Crippen LogP contribution in [0.15, 0.2) is 36.4 Å². The van der Waals surface area contributed by atoms with Crippen LogP contribution in [0.2, 0.25) is 5.02 Å². The minimum Gasteiger partial charge on any atom is -0.496 e. The fourth-order valence-corrected chi connectivity index (χ4v) is 2.53. The Hall–Kier alpha value is -1.87. The van der Waals surface area contributed by atoms with Crippen molar-refractivity contribution in [3.63, 3.8) is 0 Å². The average Bonchev–Trinajstić information content (AvgIpc) is 2.47. The number of aryl methyl sites for hydroxylation is 1. The molecule has 0 bridgehead atoms. The monoisotopic (exact) mass is 305 g/mol. The third-order valence-electron chi connectivity index (χ3n) is 3.39. The third kappa shape index (κ3) is 3.61. The van der Waals surface area contributed by atoms with Crippen molar-refractivity contribution in [3.8, 4) is 11.5 Å². The molecule has 4 heteroatoms. The Kier molecular flexibility index (Phi) is 4.97. The van der Waals surface area contributed by atoms with Crippen molar-refractivity contribution in [1.29, 1.82) is 0 Å². The lowest BCUT2D eigenvalue weighted by Crippen LogP contribution is -2.08. The molecule has 1 atom stereocenters. The summed E-state index contributed by atoms with van der Waals surface area (Å²) in [5, 5.41) is 4.02. The summed E-state index contributed by atoms with van der Waals surface area (Å²) in [5.41, 5.74) is 3.26. The van der Waals surface area contributed by atoms with Crippen molar-refractivity contribution in [2.75, 3.05) is 19.5 Å². The van der Waals surface area contributed by atoms with Crippen LogP contribution in [0.25, 0.3) is 0 Å². The largest absolute Gasteiger partial charge is 0.496 e. The predicted octanol–water partition coefficient (Wildman–Crippen LogP) is 4.84. The van der Waals surface area contributed by atoms with Crippen molar-refractivity contribution in [1.82, 2.24) is 0 Å². The van der Waals surface area contributed by atoms with Gasteiger partial charge in [0.05, 0.1) is 25.3 Å². The number of halogens is 1. The van der Waals surface area contributed by atoms with Crippen molar-refractivity contribution in [3.05, 3.63) is 52.5 Å². The quantitative estimate of drug-likeness (QED) is 0.857. The van der Waals surface area contributed by atoms with Gasteiger partial charge in [0.15, 0.2) is 0 Å². The van der Waals surface area contributed by atoms with Gasteiger partial charge >= 0.3 is 0 Å². The molecule has 0 spiro atoms. The standard InChI is InChI=1S/C17H20ClNO2/c1-11-5-7-16(20-3)14(9-11)12(2)19-13-6-8-17(21-4)15(18)10-13/h5-10,12,19H,1-4H3. The number of hydrogen-bond acceptors (Lipinski definition) is 3. The van der Waals surface area contributed by atoms with E-state index in [2.05, 4.69) is 25.2 Å². The third-order valence-corrected chi connectivity index (χ3v) is 3.68. The molecule has 0 saturated carbocycles. The lowest BCUT2D eigenvalue weighted by molar-refractivity contribution is 0.407. The molecule has 21 heavy (non-hydrogen) atoms. The summed E-state index contributed by atoms with van der Waals surface area (Å²) in [4.78, 5) is 0. The van der Waals surface area contributed by atoms with Gasteiger partial charge in [0.25, 0.3) is 0 Å². The molecule has 0 aliphatic rings. The van der Waals surface area contributed by atoms with Crippen molar-refractivity contribution < 1.29 is 9.47 Å². The zero-order valence-electron chi connectivity index (χ0n) is 12.7. The Morgan fingerprint density at radius 1 is 1.00 bits per heavy atom. The second-order valence-corrected chi connectivity index (χ2v) is 5.37. The topological polar surface area (TPSA) is 30.5 Å². The number of rotatable bonds is 5. The molecule has 1 N–H and O–H groups in total. The second-order valence-electron chi connectivity index (χ2n) is 4.96. The average molecular weight is 306 g/mol. The van der Waals surface area contributed by atoms with E-state index >= 15 is 0 Å². The number of hydrogen-bond donors (Lipinski definition) is 1. The molecule has 0 radical (unpaired) electrons. The maximum atomic E-state index is 6.15. The lowest BCUT2D eigenvalue weighted by atomic mass is 10.0. The first-order chi connectivity index (χ1) is 10.0. The Bertz CT molecular complexity index is 628. The highest BCUT2D eigenvalue weighted by molar-refractivity contribution is 6.32.